The third-order valence-electron chi connectivity index (χ3n) is 3.53. The van der Waals surface area contributed by atoms with E-state index in [-0.39, 0.29) is 11.9 Å². The van der Waals surface area contributed by atoms with Crippen LogP contribution in [0.2, 0.25) is 0 Å². The lowest BCUT2D eigenvalue weighted by molar-refractivity contribution is -0.136. The molecule has 3 rings (SSSR count). The van der Waals surface area contributed by atoms with Gasteiger partial charge in [0.05, 0.1) is 6.20 Å². The minimum atomic E-state index is -0.205. The first-order valence-corrected chi connectivity index (χ1v) is 6.48. The summed E-state index contributed by atoms with van der Waals surface area (Å²) < 4.78 is 1.69. The molecule has 0 bridgehead atoms. The van der Waals surface area contributed by atoms with Gasteiger partial charge in [-0.05, 0) is 12.8 Å². The molecule has 0 radical (unpaired) electrons. The van der Waals surface area contributed by atoms with Gasteiger partial charge in [0, 0.05) is 19.2 Å². The van der Waals surface area contributed by atoms with E-state index in [0.29, 0.717) is 0 Å². The SMILES string of the molecule is CN1CCCC(n2cc(-c3ccccc3)nn2)C1=O. The van der Waals surface area contributed by atoms with Gasteiger partial charge in [0.25, 0.3) is 0 Å². The Morgan fingerprint density at radius 1 is 1.26 bits per heavy atom. The number of carbonyl (C=O) groups excluding carboxylic acids is 1. The standard InChI is InChI=1S/C14H16N4O/c1-17-9-5-8-13(14(17)19)18-10-12(15-16-18)11-6-3-2-4-7-11/h2-4,6-7,10,13H,5,8-9H2,1H3. The molecule has 1 unspecified atom stereocenters. The van der Waals surface area contributed by atoms with Crippen molar-refractivity contribution in [3.05, 3.63) is 36.5 Å². The van der Waals surface area contributed by atoms with Crippen LogP contribution >= 0.6 is 0 Å². The molecule has 1 aromatic carbocycles. The number of carbonyl (C=O) groups is 1. The number of hydrogen-bond acceptors (Lipinski definition) is 3. The Labute approximate surface area is 111 Å². The third kappa shape index (κ3) is 2.23. The molecule has 0 aliphatic carbocycles. The molecule has 98 valence electrons. The first-order chi connectivity index (χ1) is 9.25. The van der Waals surface area contributed by atoms with Crippen molar-refractivity contribution in [2.45, 2.75) is 18.9 Å². The Kier molecular flexibility index (Phi) is 3.03. The highest BCUT2D eigenvalue weighted by molar-refractivity contribution is 5.80. The number of rotatable bonds is 2. The van der Waals surface area contributed by atoms with E-state index in [2.05, 4.69) is 10.3 Å². The summed E-state index contributed by atoms with van der Waals surface area (Å²) in [5, 5.41) is 8.28. The molecule has 1 saturated heterocycles. The lowest BCUT2D eigenvalue weighted by Gasteiger charge is -2.28. The average molecular weight is 256 g/mol. The summed E-state index contributed by atoms with van der Waals surface area (Å²) >= 11 is 0. The fourth-order valence-electron chi connectivity index (χ4n) is 2.43. The minimum absolute atomic E-state index is 0.121. The van der Waals surface area contributed by atoms with Crippen LogP contribution in [0.5, 0.6) is 0 Å². The van der Waals surface area contributed by atoms with Crippen LogP contribution in [-0.2, 0) is 4.79 Å². The van der Waals surface area contributed by atoms with Gasteiger partial charge in [-0.2, -0.15) is 0 Å². The number of nitrogens with zero attached hydrogens (tertiary/aromatic N) is 4. The quantitative estimate of drug-likeness (QED) is 0.822. The highest BCUT2D eigenvalue weighted by Gasteiger charge is 2.28. The van der Waals surface area contributed by atoms with Gasteiger partial charge >= 0.3 is 0 Å². The molecule has 2 heterocycles. The molecular weight excluding hydrogens is 240 g/mol. The van der Waals surface area contributed by atoms with Crippen LogP contribution in [0.3, 0.4) is 0 Å². The molecule has 1 aliphatic heterocycles. The molecule has 19 heavy (non-hydrogen) atoms. The molecule has 1 fully saturated rings. The second kappa shape index (κ2) is 4.84. The molecule has 0 saturated carbocycles. The van der Waals surface area contributed by atoms with Crippen molar-refractivity contribution in [2.24, 2.45) is 0 Å². The molecule has 1 aliphatic rings. The zero-order valence-corrected chi connectivity index (χ0v) is 10.9. The number of piperidine rings is 1. The highest BCUT2D eigenvalue weighted by Crippen LogP contribution is 2.23. The van der Waals surface area contributed by atoms with Crippen molar-refractivity contribution < 1.29 is 4.79 Å². The van der Waals surface area contributed by atoms with E-state index >= 15 is 0 Å². The van der Waals surface area contributed by atoms with Crippen LogP contribution in [0.25, 0.3) is 11.3 Å². The molecule has 1 aromatic heterocycles. The lowest BCUT2D eigenvalue weighted by atomic mass is 10.1. The van der Waals surface area contributed by atoms with Gasteiger partial charge in [0.1, 0.15) is 11.7 Å². The van der Waals surface area contributed by atoms with Gasteiger partial charge in [0.15, 0.2) is 0 Å². The summed E-state index contributed by atoms with van der Waals surface area (Å²) in [6, 6.07) is 9.67. The summed E-state index contributed by atoms with van der Waals surface area (Å²) in [5.74, 6) is 0.121. The van der Waals surface area contributed by atoms with E-state index in [1.165, 1.54) is 0 Å². The molecule has 1 amide bonds. The topological polar surface area (TPSA) is 51.0 Å². The van der Waals surface area contributed by atoms with Crippen molar-refractivity contribution in [3.8, 4) is 11.3 Å². The summed E-state index contributed by atoms with van der Waals surface area (Å²) in [6.45, 7) is 0.829. The Morgan fingerprint density at radius 2 is 2.05 bits per heavy atom. The second-order valence-electron chi connectivity index (χ2n) is 4.87. The number of benzene rings is 1. The predicted octanol–water partition coefficient (Wildman–Crippen LogP) is 1.74. The fourth-order valence-corrected chi connectivity index (χ4v) is 2.43. The molecular formula is C14H16N4O. The van der Waals surface area contributed by atoms with E-state index in [0.717, 1.165) is 30.6 Å². The van der Waals surface area contributed by atoms with Crippen LogP contribution < -0.4 is 0 Å². The first kappa shape index (κ1) is 11.9. The second-order valence-corrected chi connectivity index (χ2v) is 4.87. The summed E-state index contributed by atoms with van der Waals surface area (Å²) in [6.07, 6.45) is 3.70. The largest absolute Gasteiger partial charge is 0.344 e. The minimum Gasteiger partial charge on any atom is -0.344 e. The van der Waals surface area contributed by atoms with Crippen molar-refractivity contribution in [3.63, 3.8) is 0 Å². The van der Waals surface area contributed by atoms with Gasteiger partial charge in [-0.3, -0.25) is 4.79 Å². The van der Waals surface area contributed by atoms with E-state index in [1.807, 2.05) is 43.6 Å². The number of likely N-dealkylation sites (tertiary alicyclic amines) is 1. The summed E-state index contributed by atoms with van der Waals surface area (Å²) in [5.41, 5.74) is 1.83. The highest BCUT2D eigenvalue weighted by atomic mass is 16.2. The predicted molar refractivity (Wildman–Crippen MR) is 71.4 cm³/mol. The maximum absolute atomic E-state index is 12.1. The van der Waals surface area contributed by atoms with Crippen LogP contribution in [0.4, 0.5) is 0 Å². The van der Waals surface area contributed by atoms with E-state index in [1.54, 1.807) is 9.58 Å². The Bertz CT molecular complexity index is 578. The number of amides is 1. The third-order valence-corrected chi connectivity index (χ3v) is 3.53. The van der Waals surface area contributed by atoms with E-state index < -0.39 is 0 Å². The number of likely N-dealkylation sites (N-methyl/N-ethyl adjacent to an activating group) is 1. The van der Waals surface area contributed by atoms with Gasteiger partial charge in [-0.15, -0.1) is 5.10 Å². The van der Waals surface area contributed by atoms with Crippen LogP contribution in [0, 0.1) is 0 Å². The molecule has 5 heteroatoms. The molecule has 1 atom stereocenters. The first-order valence-electron chi connectivity index (χ1n) is 6.48. The smallest absolute Gasteiger partial charge is 0.247 e. The van der Waals surface area contributed by atoms with Gasteiger partial charge < -0.3 is 4.90 Å². The number of aromatic nitrogens is 3. The maximum Gasteiger partial charge on any atom is 0.247 e. The number of hydrogen-bond donors (Lipinski definition) is 0. The molecule has 0 spiro atoms. The molecule has 5 nitrogen and oxygen atoms in total. The lowest BCUT2D eigenvalue weighted by Crippen LogP contribution is -2.39. The van der Waals surface area contributed by atoms with E-state index in [4.69, 9.17) is 0 Å². The van der Waals surface area contributed by atoms with Crippen molar-refractivity contribution in [2.75, 3.05) is 13.6 Å². The normalized spacial score (nSPS) is 19.7. The van der Waals surface area contributed by atoms with Crippen molar-refractivity contribution >= 4 is 5.91 Å². The Morgan fingerprint density at radius 3 is 2.84 bits per heavy atom. The van der Waals surface area contributed by atoms with Crippen LogP contribution in [0.1, 0.15) is 18.9 Å². The molecule has 2 aromatic rings. The van der Waals surface area contributed by atoms with Gasteiger partial charge in [-0.1, -0.05) is 35.5 Å². The monoisotopic (exact) mass is 256 g/mol. The summed E-state index contributed by atoms with van der Waals surface area (Å²) in [7, 11) is 1.84. The van der Waals surface area contributed by atoms with Crippen LogP contribution in [-0.4, -0.2) is 39.4 Å². The Balaban J connectivity index is 1.87. The van der Waals surface area contributed by atoms with Crippen molar-refractivity contribution in [1.29, 1.82) is 0 Å². The van der Waals surface area contributed by atoms with Gasteiger partial charge in [-0.25, -0.2) is 4.68 Å². The van der Waals surface area contributed by atoms with Crippen LogP contribution in [0.15, 0.2) is 36.5 Å². The van der Waals surface area contributed by atoms with Gasteiger partial charge in [0.2, 0.25) is 5.91 Å². The van der Waals surface area contributed by atoms with Crippen molar-refractivity contribution in [1.82, 2.24) is 19.9 Å². The Hall–Kier alpha value is -2.17. The fraction of sp³-hybridized carbons (Fsp3) is 0.357. The zero-order chi connectivity index (χ0) is 13.2. The maximum atomic E-state index is 12.1. The zero-order valence-electron chi connectivity index (χ0n) is 10.9. The molecule has 0 N–H and O–H groups in total. The van der Waals surface area contributed by atoms with E-state index in [9.17, 15) is 4.79 Å². The summed E-state index contributed by atoms with van der Waals surface area (Å²) in [4.78, 5) is 13.9. The average Bonchev–Trinajstić information content (AvgIpc) is 2.92.